The third kappa shape index (κ3) is 2.50. The van der Waals surface area contributed by atoms with Crippen molar-refractivity contribution in [1.29, 1.82) is 0 Å². The van der Waals surface area contributed by atoms with E-state index in [0.717, 1.165) is 5.69 Å². The molecule has 0 amide bonds. The molecule has 0 aromatic carbocycles. The summed E-state index contributed by atoms with van der Waals surface area (Å²) in [7, 11) is 0. The summed E-state index contributed by atoms with van der Waals surface area (Å²) in [5.74, 6) is -0.408. The van der Waals surface area contributed by atoms with E-state index in [4.69, 9.17) is 0 Å². The minimum Gasteiger partial charge on any atom is -0.381 e. The van der Waals surface area contributed by atoms with Gasteiger partial charge in [0.2, 0.25) is 5.95 Å². The lowest BCUT2D eigenvalue weighted by Crippen LogP contribution is -2.31. The summed E-state index contributed by atoms with van der Waals surface area (Å²) < 4.78 is 12.7. The zero-order chi connectivity index (χ0) is 12.4. The van der Waals surface area contributed by atoms with Crippen LogP contribution in [0.4, 0.5) is 10.1 Å². The second-order valence-electron chi connectivity index (χ2n) is 6.00. The van der Waals surface area contributed by atoms with Gasteiger partial charge in [0.25, 0.3) is 0 Å². The summed E-state index contributed by atoms with van der Waals surface area (Å²) in [6.45, 7) is 0. The average Bonchev–Trinajstić information content (AvgIpc) is 2.84. The Morgan fingerprint density at radius 2 is 1.83 bits per heavy atom. The van der Waals surface area contributed by atoms with Gasteiger partial charge in [0.15, 0.2) is 0 Å². The first-order valence-electron chi connectivity index (χ1n) is 7.14. The highest BCUT2D eigenvalue weighted by molar-refractivity contribution is 5.41. The molecule has 0 unspecified atom stereocenters. The molecule has 2 nitrogen and oxygen atoms in total. The summed E-state index contributed by atoms with van der Waals surface area (Å²) in [6, 6.07) is 3.75. The Morgan fingerprint density at radius 3 is 2.44 bits per heavy atom. The van der Waals surface area contributed by atoms with Gasteiger partial charge in [0, 0.05) is 6.04 Å². The second-order valence-corrected chi connectivity index (χ2v) is 6.00. The molecule has 0 radical (unpaired) electrons. The molecule has 2 aliphatic rings. The fourth-order valence-electron chi connectivity index (χ4n) is 3.70. The molecule has 98 valence electrons. The van der Waals surface area contributed by atoms with Crippen molar-refractivity contribution in [2.75, 3.05) is 5.32 Å². The average molecular weight is 248 g/mol. The Morgan fingerprint density at radius 1 is 1.11 bits per heavy atom. The quantitative estimate of drug-likeness (QED) is 0.796. The van der Waals surface area contributed by atoms with E-state index in [-0.39, 0.29) is 0 Å². The molecule has 1 aromatic heterocycles. The van der Waals surface area contributed by atoms with Crippen LogP contribution >= 0.6 is 0 Å². The number of nitrogens with zero attached hydrogens (tertiary/aromatic N) is 1. The van der Waals surface area contributed by atoms with Crippen LogP contribution in [-0.4, -0.2) is 11.0 Å². The SMILES string of the molecule is Fc1ccc(NC2CCC3(CCCC3)CC2)cn1. The van der Waals surface area contributed by atoms with Gasteiger partial charge in [-0.1, -0.05) is 12.8 Å². The standard InChI is InChI=1S/C15H21FN2/c16-14-4-3-13(11-17-14)18-12-5-9-15(10-6-12)7-1-2-8-15/h3-4,11-12,18H,1-2,5-10H2. The van der Waals surface area contributed by atoms with Gasteiger partial charge in [-0.3, -0.25) is 0 Å². The summed E-state index contributed by atoms with van der Waals surface area (Å²) in [6.07, 6.45) is 12.6. The first-order valence-corrected chi connectivity index (χ1v) is 7.14. The van der Waals surface area contributed by atoms with E-state index in [9.17, 15) is 4.39 Å². The molecule has 3 rings (SSSR count). The van der Waals surface area contributed by atoms with Crippen molar-refractivity contribution in [2.45, 2.75) is 57.4 Å². The maximum Gasteiger partial charge on any atom is 0.212 e. The highest BCUT2D eigenvalue weighted by atomic mass is 19.1. The molecule has 1 heterocycles. The number of aromatic nitrogens is 1. The largest absolute Gasteiger partial charge is 0.381 e. The molecule has 0 aliphatic heterocycles. The lowest BCUT2D eigenvalue weighted by Gasteiger charge is -2.37. The molecular formula is C15H21FN2. The molecule has 1 spiro atoms. The van der Waals surface area contributed by atoms with Crippen LogP contribution in [0.1, 0.15) is 51.4 Å². The number of rotatable bonds is 2. The Balaban J connectivity index is 1.55. The van der Waals surface area contributed by atoms with E-state index in [1.807, 2.05) is 0 Å². The number of hydrogen-bond acceptors (Lipinski definition) is 2. The maximum absolute atomic E-state index is 12.7. The van der Waals surface area contributed by atoms with Crippen LogP contribution < -0.4 is 5.32 Å². The molecule has 2 saturated carbocycles. The van der Waals surface area contributed by atoms with E-state index >= 15 is 0 Å². The van der Waals surface area contributed by atoms with Crippen LogP contribution in [0.5, 0.6) is 0 Å². The van der Waals surface area contributed by atoms with Gasteiger partial charge >= 0.3 is 0 Å². The Bertz CT molecular complexity index is 385. The number of anilines is 1. The van der Waals surface area contributed by atoms with Gasteiger partial charge in [-0.2, -0.15) is 4.39 Å². The molecule has 0 atom stereocenters. The third-order valence-electron chi connectivity index (χ3n) is 4.81. The van der Waals surface area contributed by atoms with Crippen LogP contribution in [0.2, 0.25) is 0 Å². The van der Waals surface area contributed by atoms with Crippen LogP contribution in [0.25, 0.3) is 0 Å². The van der Waals surface area contributed by atoms with E-state index in [2.05, 4.69) is 10.3 Å². The minimum atomic E-state index is -0.408. The zero-order valence-corrected chi connectivity index (χ0v) is 10.8. The molecule has 18 heavy (non-hydrogen) atoms. The van der Waals surface area contributed by atoms with Gasteiger partial charge in [0.05, 0.1) is 11.9 Å². The molecule has 3 heteroatoms. The number of hydrogen-bond donors (Lipinski definition) is 1. The topological polar surface area (TPSA) is 24.9 Å². The van der Waals surface area contributed by atoms with Crippen LogP contribution in [0, 0.1) is 11.4 Å². The van der Waals surface area contributed by atoms with Crippen molar-refractivity contribution in [3.05, 3.63) is 24.3 Å². The Labute approximate surface area is 108 Å². The lowest BCUT2D eigenvalue weighted by molar-refractivity contribution is 0.188. The first-order chi connectivity index (χ1) is 8.76. The summed E-state index contributed by atoms with van der Waals surface area (Å²) in [5, 5.41) is 3.49. The fraction of sp³-hybridized carbons (Fsp3) is 0.667. The fourth-order valence-corrected chi connectivity index (χ4v) is 3.70. The van der Waals surface area contributed by atoms with Crippen molar-refractivity contribution in [1.82, 2.24) is 4.98 Å². The van der Waals surface area contributed by atoms with Crippen molar-refractivity contribution >= 4 is 5.69 Å². The normalized spacial score (nSPS) is 23.4. The van der Waals surface area contributed by atoms with E-state index < -0.39 is 5.95 Å². The van der Waals surface area contributed by atoms with Crippen LogP contribution in [0.3, 0.4) is 0 Å². The van der Waals surface area contributed by atoms with Crippen molar-refractivity contribution < 1.29 is 4.39 Å². The number of halogens is 1. The second kappa shape index (κ2) is 4.87. The summed E-state index contributed by atoms with van der Waals surface area (Å²) in [4.78, 5) is 3.69. The number of pyridine rings is 1. The maximum atomic E-state index is 12.7. The van der Waals surface area contributed by atoms with E-state index in [1.54, 1.807) is 12.3 Å². The van der Waals surface area contributed by atoms with E-state index in [1.165, 1.54) is 57.4 Å². The lowest BCUT2D eigenvalue weighted by atomic mass is 9.71. The summed E-state index contributed by atoms with van der Waals surface area (Å²) >= 11 is 0. The predicted molar refractivity (Wildman–Crippen MR) is 71.0 cm³/mol. The molecule has 1 aromatic rings. The number of nitrogens with one attached hydrogen (secondary N) is 1. The molecule has 1 N–H and O–H groups in total. The van der Waals surface area contributed by atoms with Gasteiger partial charge in [-0.15, -0.1) is 0 Å². The highest BCUT2D eigenvalue weighted by Crippen LogP contribution is 2.49. The van der Waals surface area contributed by atoms with E-state index in [0.29, 0.717) is 11.5 Å². The Kier molecular flexibility index (Phi) is 3.23. The summed E-state index contributed by atoms with van der Waals surface area (Å²) in [5.41, 5.74) is 1.63. The highest BCUT2D eigenvalue weighted by Gasteiger charge is 2.37. The van der Waals surface area contributed by atoms with Gasteiger partial charge < -0.3 is 5.32 Å². The van der Waals surface area contributed by atoms with Crippen molar-refractivity contribution in [3.8, 4) is 0 Å². The minimum absolute atomic E-state index is 0.408. The monoisotopic (exact) mass is 248 g/mol. The smallest absolute Gasteiger partial charge is 0.212 e. The van der Waals surface area contributed by atoms with Crippen molar-refractivity contribution in [3.63, 3.8) is 0 Å². The van der Waals surface area contributed by atoms with Gasteiger partial charge in [-0.05, 0) is 56.1 Å². The molecule has 2 fully saturated rings. The zero-order valence-electron chi connectivity index (χ0n) is 10.8. The molecule has 0 bridgehead atoms. The molecular weight excluding hydrogens is 227 g/mol. The van der Waals surface area contributed by atoms with Gasteiger partial charge in [0.1, 0.15) is 0 Å². The van der Waals surface area contributed by atoms with Gasteiger partial charge in [-0.25, -0.2) is 4.98 Å². The Hall–Kier alpha value is -1.12. The first kappa shape index (κ1) is 11.9. The predicted octanol–water partition coefficient (Wildman–Crippen LogP) is 4.14. The van der Waals surface area contributed by atoms with Crippen LogP contribution in [0.15, 0.2) is 18.3 Å². The molecule has 0 saturated heterocycles. The van der Waals surface area contributed by atoms with Crippen LogP contribution in [-0.2, 0) is 0 Å². The van der Waals surface area contributed by atoms with Crippen molar-refractivity contribution in [2.24, 2.45) is 5.41 Å². The molecule has 2 aliphatic carbocycles. The third-order valence-corrected chi connectivity index (χ3v) is 4.81.